The summed E-state index contributed by atoms with van der Waals surface area (Å²) in [7, 11) is 1.65. The summed E-state index contributed by atoms with van der Waals surface area (Å²) in [6, 6.07) is 5.85. The van der Waals surface area contributed by atoms with Crippen LogP contribution in [-0.4, -0.2) is 21.8 Å². The zero-order valence-corrected chi connectivity index (χ0v) is 11.0. The number of aliphatic hydroxyl groups is 1. The Bertz CT molecular complexity index is 520. The minimum absolute atomic E-state index is 0.0247. The van der Waals surface area contributed by atoms with Crippen LogP contribution < -0.4 is 4.74 Å². The van der Waals surface area contributed by atoms with Gasteiger partial charge in [-0.05, 0) is 18.6 Å². The number of imidazole rings is 1. The smallest absolute Gasteiger partial charge is 0.135 e. The molecular weight excluding hydrogens is 228 g/mol. The molecule has 1 aromatic heterocycles. The number of hydrogen-bond donors (Lipinski definition) is 1. The third-order valence-corrected chi connectivity index (χ3v) is 3.16. The van der Waals surface area contributed by atoms with Crippen LogP contribution in [0.2, 0.25) is 0 Å². The average molecular weight is 248 g/mol. The number of aryl methyl sites for hydroxylation is 1. The molecule has 0 aliphatic carbocycles. The van der Waals surface area contributed by atoms with Gasteiger partial charge in [-0.3, -0.25) is 0 Å². The van der Waals surface area contributed by atoms with E-state index in [4.69, 9.17) is 4.74 Å². The Hall–Kier alpha value is -1.55. The quantitative estimate of drug-likeness (QED) is 0.800. The van der Waals surface area contributed by atoms with Gasteiger partial charge in [0.25, 0.3) is 0 Å². The number of aromatic nitrogens is 2. The highest BCUT2D eigenvalue weighted by Gasteiger charge is 2.10. The fourth-order valence-corrected chi connectivity index (χ4v) is 2.18. The minimum Gasteiger partial charge on any atom is -0.497 e. The number of unbranched alkanes of at least 4 members (excludes halogenated alkanes) is 2. The average Bonchev–Trinajstić information content (AvgIpc) is 2.76. The van der Waals surface area contributed by atoms with Crippen LogP contribution in [-0.2, 0) is 13.2 Å². The topological polar surface area (TPSA) is 47.3 Å². The van der Waals surface area contributed by atoms with Crippen LogP contribution >= 0.6 is 0 Å². The summed E-state index contributed by atoms with van der Waals surface area (Å²) in [5.41, 5.74) is 1.95. The fraction of sp³-hybridized carbons (Fsp3) is 0.500. The Kier molecular flexibility index (Phi) is 4.20. The van der Waals surface area contributed by atoms with E-state index in [9.17, 15) is 5.11 Å². The van der Waals surface area contributed by atoms with Crippen molar-refractivity contribution < 1.29 is 9.84 Å². The summed E-state index contributed by atoms with van der Waals surface area (Å²) in [6.07, 6.45) is 3.50. The molecule has 2 aromatic rings. The van der Waals surface area contributed by atoms with Gasteiger partial charge in [0.05, 0.1) is 18.1 Å². The molecule has 4 nitrogen and oxygen atoms in total. The predicted octanol–water partition coefficient (Wildman–Crippen LogP) is 2.73. The van der Waals surface area contributed by atoms with E-state index in [0.29, 0.717) is 0 Å². The first kappa shape index (κ1) is 12.9. The molecular formula is C14H20N2O2. The number of benzene rings is 1. The number of rotatable bonds is 6. The van der Waals surface area contributed by atoms with E-state index in [1.807, 2.05) is 18.2 Å². The van der Waals surface area contributed by atoms with E-state index in [1.54, 1.807) is 7.11 Å². The van der Waals surface area contributed by atoms with Gasteiger partial charge in [-0.2, -0.15) is 0 Å². The van der Waals surface area contributed by atoms with Crippen molar-refractivity contribution in [3.63, 3.8) is 0 Å². The van der Waals surface area contributed by atoms with E-state index >= 15 is 0 Å². The largest absolute Gasteiger partial charge is 0.497 e. The molecule has 0 aliphatic heterocycles. The molecule has 1 heterocycles. The van der Waals surface area contributed by atoms with Crippen molar-refractivity contribution in [2.24, 2.45) is 0 Å². The maximum absolute atomic E-state index is 9.39. The second-order valence-corrected chi connectivity index (χ2v) is 4.40. The number of methoxy groups -OCH3 is 1. The molecule has 98 valence electrons. The van der Waals surface area contributed by atoms with Crippen molar-refractivity contribution in [3.05, 3.63) is 24.0 Å². The molecule has 0 saturated carbocycles. The van der Waals surface area contributed by atoms with Crippen molar-refractivity contribution in [1.82, 2.24) is 9.55 Å². The predicted molar refractivity (Wildman–Crippen MR) is 71.7 cm³/mol. The molecule has 2 rings (SSSR count). The Morgan fingerprint density at radius 2 is 2.17 bits per heavy atom. The lowest BCUT2D eigenvalue weighted by Gasteiger charge is -2.07. The minimum atomic E-state index is -0.0247. The van der Waals surface area contributed by atoms with Gasteiger partial charge in [-0.15, -0.1) is 0 Å². The molecule has 0 radical (unpaired) electrons. The maximum atomic E-state index is 9.39. The Labute approximate surface area is 107 Å². The van der Waals surface area contributed by atoms with Gasteiger partial charge in [0.2, 0.25) is 0 Å². The van der Waals surface area contributed by atoms with E-state index in [0.717, 1.165) is 35.6 Å². The van der Waals surface area contributed by atoms with Gasteiger partial charge < -0.3 is 14.4 Å². The lowest BCUT2D eigenvalue weighted by molar-refractivity contribution is 0.265. The van der Waals surface area contributed by atoms with Crippen LogP contribution in [0.1, 0.15) is 32.0 Å². The number of nitrogens with zero attached hydrogens (tertiary/aromatic N) is 2. The normalized spacial score (nSPS) is 11.1. The van der Waals surface area contributed by atoms with Gasteiger partial charge >= 0.3 is 0 Å². The Morgan fingerprint density at radius 3 is 2.83 bits per heavy atom. The number of aliphatic hydroxyl groups excluding tert-OH is 1. The molecule has 1 N–H and O–H groups in total. The highest BCUT2D eigenvalue weighted by molar-refractivity contribution is 5.77. The first-order chi connectivity index (χ1) is 8.80. The third-order valence-electron chi connectivity index (χ3n) is 3.16. The molecule has 0 amide bonds. The van der Waals surface area contributed by atoms with Crippen molar-refractivity contribution in [2.75, 3.05) is 7.11 Å². The van der Waals surface area contributed by atoms with E-state index in [-0.39, 0.29) is 6.61 Å². The zero-order valence-electron chi connectivity index (χ0n) is 11.0. The first-order valence-corrected chi connectivity index (χ1v) is 6.44. The van der Waals surface area contributed by atoms with Crippen LogP contribution in [0.4, 0.5) is 0 Å². The summed E-state index contributed by atoms with van der Waals surface area (Å²) in [6.45, 7) is 3.07. The molecule has 1 aromatic carbocycles. The third kappa shape index (κ3) is 2.48. The second-order valence-electron chi connectivity index (χ2n) is 4.40. The van der Waals surface area contributed by atoms with Crippen LogP contribution in [0.25, 0.3) is 11.0 Å². The van der Waals surface area contributed by atoms with Crippen molar-refractivity contribution in [2.45, 2.75) is 39.3 Å². The van der Waals surface area contributed by atoms with E-state index in [1.165, 1.54) is 12.8 Å². The molecule has 0 bridgehead atoms. The van der Waals surface area contributed by atoms with Crippen LogP contribution in [0.5, 0.6) is 5.75 Å². The number of ether oxygens (including phenoxy) is 1. The van der Waals surface area contributed by atoms with Crippen LogP contribution in [0, 0.1) is 0 Å². The fourth-order valence-electron chi connectivity index (χ4n) is 2.18. The standard InChI is InChI=1S/C14H20N2O2/c1-3-4-5-8-16-13-7-6-11(18-2)9-12(13)15-14(16)10-17/h6-7,9,17H,3-5,8,10H2,1-2H3. The second kappa shape index (κ2) is 5.87. The number of fused-ring (bicyclic) bond motifs is 1. The van der Waals surface area contributed by atoms with E-state index in [2.05, 4.69) is 16.5 Å². The molecule has 0 unspecified atom stereocenters. The molecule has 18 heavy (non-hydrogen) atoms. The van der Waals surface area contributed by atoms with Crippen LogP contribution in [0.15, 0.2) is 18.2 Å². The molecule has 0 spiro atoms. The Morgan fingerprint density at radius 1 is 1.33 bits per heavy atom. The summed E-state index contributed by atoms with van der Waals surface area (Å²) in [5.74, 6) is 1.53. The van der Waals surface area contributed by atoms with Crippen molar-refractivity contribution in [1.29, 1.82) is 0 Å². The van der Waals surface area contributed by atoms with Crippen molar-refractivity contribution in [3.8, 4) is 5.75 Å². The highest BCUT2D eigenvalue weighted by Crippen LogP contribution is 2.22. The number of hydrogen-bond acceptors (Lipinski definition) is 3. The molecule has 0 atom stereocenters. The van der Waals surface area contributed by atoms with Crippen LogP contribution in [0.3, 0.4) is 0 Å². The van der Waals surface area contributed by atoms with Gasteiger partial charge in [0.1, 0.15) is 18.2 Å². The van der Waals surface area contributed by atoms with Crippen molar-refractivity contribution >= 4 is 11.0 Å². The molecule has 4 heteroatoms. The van der Waals surface area contributed by atoms with Gasteiger partial charge in [0, 0.05) is 12.6 Å². The van der Waals surface area contributed by atoms with E-state index < -0.39 is 0 Å². The van der Waals surface area contributed by atoms with Gasteiger partial charge in [0.15, 0.2) is 0 Å². The summed E-state index contributed by atoms with van der Waals surface area (Å²) < 4.78 is 7.29. The summed E-state index contributed by atoms with van der Waals surface area (Å²) >= 11 is 0. The molecule has 0 fully saturated rings. The lowest BCUT2D eigenvalue weighted by Crippen LogP contribution is -2.03. The van der Waals surface area contributed by atoms with Gasteiger partial charge in [-0.25, -0.2) is 4.98 Å². The molecule has 0 aliphatic rings. The first-order valence-electron chi connectivity index (χ1n) is 6.44. The highest BCUT2D eigenvalue weighted by atomic mass is 16.5. The Balaban J connectivity index is 2.36. The summed E-state index contributed by atoms with van der Waals surface area (Å²) in [4.78, 5) is 4.45. The summed E-state index contributed by atoms with van der Waals surface area (Å²) in [5, 5.41) is 9.39. The monoisotopic (exact) mass is 248 g/mol. The SMILES string of the molecule is CCCCCn1c(CO)nc2cc(OC)ccc21. The van der Waals surface area contributed by atoms with Gasteiger partial charge in [-0.1, -0.05) is 19.8 Å². The lowest BCUT2D eigenvalue weighted by atomic mass is 10.2. The zero-order chi connectivity index (χ0) is 13.0. The molecule has 0 saturated heterocycles. The maximum Gasteiger partial charge on any atom is 0.135 e.